The lowest BCUT2D eigenvalue weighted by Gasteiger charge is -2.01. The number of rotatable bonds is 1. The van der Waals surface area contributed by atoms with E-state index in [4.69, 9.17) is 0 Å². The fourth-order valence-electron chi connectivity index (χ4n) is 1.27. The van der Waals surface area contributed by atoms with Gasteiger partial charge < -0.3 is 4.74 Å². The van der Waals surface area contributed by atoms with Crippen molar-refractivity contribution in [1.29, 1.82) is 0 Å². The number of carbonyl (C=O) groups is 1. The van der Waals surface area contributed by atoms with Gasteiger partial charge in [0.15, 0.2) is 0 Å². The molecule has 0 spiro atoms. The molecule has 2 aromatic rings. The summed E-state index contributed by atoms with van der Waals surface area (Å²) in [7, 11) is 1.25. The van der Waals surface area contributed by atoms with Crippen LogP contribution in [-0.4, -0.2) is 22.7 Å². The summed E-state index contributed by atoms with van der Waals surface area (Å²) in [5.74, 6) is -1.10. The zero-order chi connectivity index (χ0) is 10.1. The van der Waals surface area contributed by atoms with E-state index in [0.29, 0.717) is 5.52 Å². The fraction of sp³-hybridized carbons (Fsp3) is 0.111. The van der Waals surface area contributed by atoms with Gasteiger partial charge in [-0.1, -0.05) is 0 Å². The van der Waals surface area contributed by atoms with Crippen LogP contribution in [-0.2, 0) is 4.74 Å². The highest BCUT2D eigenvalue weighted by Gasteiger charge is 2.12. The third kappa shape index (κ3) is 1.22. The Kier molecular flexibility index (Phi) is 1.92. The average molecular weight is 194 g/mol. The van der Waals surface area contributed by atoms with Gasteiger partial charge in [-0.05, 0) is 12.1 Å². The van der Waals surface area contributed by atoms with Crippen molar-refractivity contribution in [1.82, 2.24) is 9.61 Å². The van der Waals surface area contributed by atoms with Crippen LogP contribution in [0.4, 0.5) is 4.39 Å². The number of esters is 1. The standard InChI is InChI=1S/C9H7FN2O2/c1-14-9(13)7-4-6(10)5-12-8(7)2-3-11-12/h2-5H,1H3. The van der Waals surface area contributed by atoms with Crippen LogP contribution in [0.3, 0.4) is 0 Å². The zero-order valence-electron chi connectivity index (χ0n) is 7.40. The molecule has 0 unspecified atom stereocenters. The minimum absolute atomic E-state index is 0.171. The first-order valence-electron chi connectivity index (χ1n) is 3.93. The Bertz CT molecular complexity index is 493. The van der Waals surface area contributed by atoms with Crippen molar-refractivity contribution < 1.29 is 13.9 Å². The number of hydrogen-bond acceptors (Lipinski definition) is 3. The van der Waals surface area contributed by atoms with Crippen LogP contribution >= 0.6 is 0 Å². The molecule has 0 aliphatic heterocycles. The van der Waals surface area contributed by atoms with Crippen LogP contribution in [0.5, 0.6) is 0 Å². The van der Waals surface area contributed by atoms with Crippen molar-refractivity contribution in [2.45, 2.75) is 0 Å². The number of nitrogens with zero attached hydrogens (tertiary/aromatic N) is 2. The molecule has 2 heterocycles. The number of halogens is 1. The molecule has 14 heavy (non-hydrogen) atoms. The molecule has 2 aromatic heterocycles. The maximum Gasteiger partial charge on any atom is 0.340 e. The second-order valence-corrected chi connectivity index (χ2v) is 2.72. The Morgan fingerprint density at radius 2 is 2.43 bits per heavy atom. The highest BCUT2D eigenvalue weighted by molar-refractivity contribution is 5.96. The summed E-state index contributed by atoms with van der Waals surface area (Å²) < 4.78 is 18.8. The Morgan fingerprint density at radius 3 is 3.14 bits per heavy atom. The summed E-state index contributed by atoms with van der Waals surface area (Å²) >= 11 is 0. The quantitative estimate of drug-likeness (QED) is 0.642. The first-order chi connectivity index (χ1) is 6.72. The van der Waals surface area contributed by atoms with Crippen molar-refractivity contribution in [2.24, 2.45) is 0 Å². The van der Waals surface area contributed by atoms with Crippen molar-refractivity contribution in [3.63, 3.8) is 0 Å². The number of aromatic nitrogens is 2. The third-order valence-electron chi connectivity index (χ3n) is 1.88. The van der Waals surface area contributed by atoms with E-state index in [0.717, 1.165) is 6.07 Å². The molecule has 0 radical (unpaired) electrons. The van der Waals surface area contributed by atoms with Crippen molar-refractivity contribution >= 4 is 11.5 Å². The second-order valence-electron chi connectivity index (χ2n) is 2.72. The minimum Gasteiger partial charge on any atom is -0.465 e. The first kappa shape index (κ1) is 8.68. The van der Waals surface area contributed by atoms with E-state index in [9.17, 15) is 9.18 Å². The molecule has 4 nitrogen and oxygen atoms in total. The normalized spacial score (nSPS) is 10.4. The summed E-state index contributed by atoms with van der Waals surface area (Å²) in [5.41, 5.74) is 0.697. The van der Waals surface area contributed by atoms with Gasteiger partial charge in [0, 0.05) is 0 Å². The van der Waals surface area contributed by atoms with Crippen LogP contribution in [0.25, 0.3) is 5.52 Å². The summed E-state index contributed by atoms with van der Waals surface area (Å²) in [4.78, 5) is 11.2. The van der Waals surface area contributed by atoms with Gasteiger partial charge in [0.1, 0.15) is 5.82 Å². The molecule has 0 amide bonds. The zero-order valence-corrected chi connectivity index (χ0v) is 7.40. The SMILES string of the molecule is COC(=O)c1cc(F)cn2nccc12. The summed E-state index contributed by atoms with van der Waals surface area (Å²) in [5, 5.41) is 3.83. The number of hydrogen-bond donors (Lipinski definition) is 0. The van der Waals surface area contributed by atoms with Gasteiger partial charge in [-0.15, -0.1) is 0 Å². The van der Waals surface area contributed by atoms with Crippen LogP contribution in [0.2, 0.25) is 0 Å². The van der Waals surface area contributed by atoms with Crippen LogP contribution in [0.15, 0.2) is 24.5 Å². The summed E-state index contributed by atoms with van der Waals surface area (Å²) in [6.07, 6.45) is 2.68. The largest absolute Gasteiger partial charge is 0.465 e. The van der Waals surface area contributed by atoms with Gasteiger partial charge in [-0.2, -0.15) is 5.10 Å². The topological polar surface area (TPSA) is 43.6 Å². The molecule has 2 rings (SSSR count). The van der Waals surface area contributed by atoms with Gasteiger partial charge in [0.25, 0.3) is 0 Å². The maximum absolute atomic E-state index is 13.0. The lowest BCUT2D eigenvalue weighted by atomic mass is 10.2. The van der Waals surface area contributed by atoms with E-state index in [1.807, 2.05) is 0 Å². The number of pyridine rings is 1. The predicted molar refractivity (Wildman–Crippen MR) is 46.5 cm³/mol. The number of carbonyl (C=O) groups excluding carboxylic acids is 1. The van der Waals surface area contributed by atoms with Crippen LogP contribution in [0, 0.1) is 5.82 Å². The van der Waals surface area contributed by atoms with E-state index in [2.05, 4.69) is 9.84 Å². The molecule has 0 aromatic carbocycles. The van der Waals surface area contributed by atoms with E-state index in [1.54, 1.807) is 6.07 Å². The number of methoxy groups -OCH3 is 1. The van der Waals surface area contributed by atoms with E-state index in [-0.39, 0.29) is 5.56 Å². The number of fused-ring (bicyclic) bond motifs is 1. The fourth-order valence-corrected chi connectivity index (χ4v) is 1.27. The van der Waals surface area contributed by atoms with Gasteiger partial charge in [-0.25, -0.2) is 13.7 Å². The molecular weight excluding hydrogens is 187 g/mol. The molecule has 0 aliphatic carbocycles. The molecule has 0 aliphatic rings. The minimum atomic E-state index is -0.574. The van der Waals surface area contributed by atoms with E-state index >= 15 is 0 Å². The average Bonchev–Trinajstić information content (AvgIpc) is 2.62. The molecule has 72 valence electrons. The smallest absolute Gasteiger partial charge is 0.340 e. The van der Waals surface area contributed by atoms with Gasteiger partial charge in [0.2, 0.25) is 0 Å². The Balaban J connectivity index is 2.72. The van der Waals surface area contributed by atoms with Crippen molar-refractivity contribution in [3.8, 4) is 0 Å². The molecular formula is C9H7FN2O2. The molecule has 5 heteroatoms. The van der Waals surface area contributed by atoms with Crippen LogP contribution < -0.4 is 0 Å². The van der Waals surface area contributed by atoms with Gasteiger partial charge >= 0.3 is 5.97 Å². The lowest BCUT2D eigenvalue weighted by molar-refractivity contribution is 0.0602. The Labute approximate surface area is 78.9 Å². The molecule has 0 atom stereocenters. The molecule has 0 bridgehead atoms. The van der Waals surface area contributed by atoms with Gasteiger partial charge in [0.05, 0.1) is 30.6 Å². The summed E-state index contributed by atoms with van der Waals surface area (Å²) in [6.45, 7) is 0. The van der Waals surface area contributed by atoms with Crippen molar-refractivity contribution in [3.05, 3.63) is 35.9 Å². The lowest BCUT2D eigenvalue weighted by Crippen LogP contribution is -2.05. The van der Waals surface area contributed by atoms with E-state index in [1.165, 1.54) is 24.0 Å². The van der Waals surface area contributed by atoms with E-state index < -0.39 is 11.8 Å². The van der Waals surface area contributed by atoms with Crippen LogP contribution in [0.1, 0.15) is 10.4 Å². The number of ether oxygens (including phenoxy) is 1. The second kappa shape index (κ2) is 3.10. The maximum atomic E-state index is 13.0. The monoisotopic (exact) mass is 194 g/mol. The predicted octanol–water partition coefficient (Wildman–Crippen LogP) is 1.26. The summed E-state index contributed by atoms with van der Waals surface area (Å²) in [6, 6.07) is 2.74. The Hall–Kier alpha value is -1.91. The highest BCUT2D eigenvalue weighted by atomic mass is 19.1. The van der Waals surface area contributed by atoms with Crippen molar-refractivity contribution in [2.75, 3.05) is 7.11 Å². The molecule has 0 N–H and O–H groups in total. The Morgan fingerprint density at radius 1 is 1.64 bits per heavy atom. The first-order valence-corrected chi connectivity index (χ1v) is 3.93. The highest BCUT2D eigenvalue weighted by Crippen LogP contribution is 2.13. The van der Waals surface area contributed by atoms with Gasteiger partial charge in [-0.3, -0.25) is 0 Å². The molecule has 0 fully saturated rings. The molecule has 0 saturated carbocycles. The molecule has 0 saturated heterocycles. The third-order valence-corrected chi connectivity index (χ3v) is 1.88.